The number of amides is 2. The maximum atomic E-state index is 12.0. The first-order chi connectivity index (χ1) is 12.1. The summed E-state index contributed by atoms with van der Waals surface area (Å²) in [4.78, 5) is 31.8. The second kappa shape index (κ2) is 7.67. The number of rotatable bonds is 6. The lowest BCUT2D eigenvalue weighted by molar-refractivity contribution is -0.116. The van der Waals surface area contributed by atoms with Crippen LogP contribution < -0.4 is 11.1 Å². The Labute approximate surface area is 148 Å². The molecule has 2 heterocycles. The van der Waals surface area contributed by atoms with Gasteiger partial charge in [-0.15, -0.1) is 11.3 Å². The number of aromatic nitrogens is 2. The van der Waals surface area contributed by atoms with E-state index >= 15 is 0 Å². The van der Waals surface area contributed by atoms with Crippen molar-refractivity contribution < 1.29 is 9.59 Å². The van der Waals surface area contributed by atoms with Crippen LogP contribution >= 0.6 is 11.3 Å². The molecule has 0 saturated heterocycles. The highest BCUT2D eigenvalue weighted by molar-refractivity contribution is 7.13. The maximum absolute atomic E-state index is 12.0. The largest absolute Gasteiger partial charge is 0.366 e. The first-order valence-corrected chi connectivity index (χ1v) is 8.55. The van der Waals surface area contributed by atoms with Crippen molar-refractivity contribution in [3.8, 4) is 10.7 Å². The zero-order valence-electron chi connectivity index (χ0n) is 13.3. The van der Waals surface area contributed by atoms with E-state index in [0.717, 1.165) is 16.4 Å². The van der Waals surface area contributed by atoms with E-state index in [1.165, 1.54) is 11.3 Å². The molecule has 0 bridgehead atoms. The third-order valence-electron chi connectivity index (χ3n) is 3.50. The normalized spacial score (nSPS) is 10.4. The third kappa shape index (κ3) is 4.48. The molecule has 3 aromatic rings. The molecule has 0 radical (unpaired) electrons. The van der Waals surface area contributed by atoms with Gasteiger partial charge in [0.2, 0.25) is 11.8 Å². The molecule has 0 saturated carbocycles. The smallest absolute Gasteiger partial charge is 0.248 e. The summed E-state index contributed by atoms with van der Waals surface area (Å²) in [5, 5.41) is 5.58. The SMILES string of the molecule is NC(=O)c1ccc(NC(=O)CCc2csc(-c3ccccn3)n2)cc1. The molecule has 0 fully saturated rings. The van der Waals surface area contributed by atoms with Crippen LogP contribution in [-0.4, -0.2) is 21.8 Å². The minimum Gasteiger partial charge on any atom is -0.366 e. The van der Waals surface area contributed by atoms with Crippen molar-refractivity contribution in [2.24, 2.45) is 5.73 Å². The Kier molecular flexibility index (Phi) is 5.15. The summed E-state index contributed by atoms with van der Waals surface area (Å²) in [7, 11) is 0. The molecule has 0 atom stereocenters. The lowest BCUT2D eigenvalue weighted by atomic mass is 10.2. The van der Waals surface area contributed by atoms with Gasteiger partial charge in [0, 0.05) is 29.2 Å². The second-order valence-corrected chi connectivity index (χ2v) is 6.21. The highest BCUT2D eigenvalue weighted by atomic mass is 32.1. The molecule has 7 heteroatoms. The highest BCUT2D eigenvalue weighted by Crippen LogP contribution is 2.22. The topological polar surface area (TPSA) is 98.0 Å². The first kappa shape index (κ1) is 16.8. The molecule has 0 aliphatic carbocycles. The number of hydrogen-bond donors (Lipinski definition) is 2. The molecule has 2 amide bonds. The number of primary amides is 1. The Morgan fingerprint density at radius 1 is 1.12 bits per heavy atom. The highest BCUT2D eigenvalue weighted by Gasteiger charge is 2.09. The van der Waals surface area contributed by atoms with Crippen molar-refractivity contribution in [1.82, 2.24) is 9.97 Å². The van der Waals surface area contributed by atoms with E-state index in [-0.39, 0.29) is 5.91 Å². The van der Waals surface area contributed by atoms with Crippen LogP contribution in [0.25, 0.3) is 10.7 Å². The molecule has 0 spiro atoms. The van der Waals surface area contributed by atoms with Crippen LogP contribution in [0.2, 0.25) is 0 Å². The van der Waals surface area contributed by atoms with Gasteiger partial charge in [-0.25, -0.2) is 4.98 Å². The average molecular weight is 352 g/mol. The zero-order chi connectivity index (χ0) is 17.6. The predicted octanol–water partition coefficient (Wildman–Crippen LogP) is 2.88. The molecule has 25 heavy (non-hydrogen) atoms. The van der Waals surface area contributed by atoms with Gasteiger partial charge in [0.05, 0.1) is 11.4 Å². The van der Waals surface area contributed by atoms with Crippen LogP contribution in [0, 0.1) is 0 Å². The Morgan fingerprint density at radius 3 is 2.60 bits per heavy atom. The minimum atomic E-state index is -0.495. The van der Waals surface area contributed by atoms with Crippen molar-refractivity contribution in [3.05, 3.63) is 65.3 Å². The molecule has 126 valence electrons. The van der Waals surface area contributed by atoms with Crippen LogP contribution in [0.1, 0.15) is 22.5 Å². The average Bonchev–Trinajstić information content (AvgIpc) is 3.10. The van der Waals surface area contributed by atoms with E-state index in [1.807, 2.05) is 23.6 Å². The summed E-state index contributed by atoms with van der Waals surface area (Å²) in [6.45, 7) is 0. The standard InChI is InChI=1S/C18H16N4O2S/c19-17(24)12-4-6-13(7-5-12)21-16(23)9-8-14-11-25-18(22-14)15-3-1-2-10-20-15/h1-7,10-11H,8-9H2,(H2,19,24)(H,21,23). The first-order valence-electron chi connectivity index (χ1n) is 7.67. The Morgan fingerprint density at radius 2 is 1.92 bits per heavy atom. The van der Waals surface area contributed by atoms with Crippen LogP contribution in [-0.2, 0) is 11.2 Å². The summed E-state index contributed by atoms with van der Waals surface area (Å²) >= 11 is 1.51. The third-order valence-corrected chi connectivity index (χ3v) is 4.41. The molecule has 0 aliphatic rings. The molecule has 3 N–H and O–H groups in total. The number of nitrogens with two attached hydrogens (primary N) is 1. The second-order valence-electron chi connectivity index (χ2n) is 5.35. The van der Waals surface area contributed by atoms with E-state index in [1.54, 1.807) is 30.5 Å². The molecule has 3 rings (SSSR count). The van der Waals surface area contributed by atoms with Gasteiger partial charge in [0.15, 0.2) is 0 Å². The van der Waals surface area contributed by atoms with E-state index < -0.39 is 5.91 Å². The molecular formula is C18H16N4O2S. The van der Waals surface area contributed by atoms with Gasteiger partial charge in [-0.05, 0) is 42.8 Å². The van der Waals surface area contributed by atoms with Gasteiger partial charge in [-0.3, -0.25) is 14.6 Å². The van der Waals surface area contributed by atoms with E-state index in [9.17, 15) is 9.59 Å². The molecule has 1 aromatic carbocycles. The summed E-state index contributed by atoms with van der Waals surface area (Å²) in [5.41, 5.74) is 7.91. The fourth-order valence-corrected chi connectivity index (χ4v) is 3.04. The number of carbonyl (C=O) groups is 2. The van der Waals surface area contributed by atoms with Gasteiger partial charge < -0.3 is 11.1 Å². The fraction of sp³-hybridized carbons (Fsp3) is 0.111. The number of carbonyl (C=O) groups excluding carboxylic acids is 2. The number of aryl methyl sites for hydroxylation is 1. The van der Waals surface area contributed by atoms with Crippen LogP contribution in [0.5, 0.6) is 0 Å². The number of thiazole rings is 1. The number of hydrogen-bond acceptors (Lipinski definition) is 5. The number of pyridine rings is 1. The molecule has 0 aliphatic heterocycles. The van der Waals surface area contributed by atoms with E-state index in [4.69, 9.17) is 5.73 Å². The van der Waals surface area contributed by atoms with Gasteiger partial charge in [-0.1, -0.05) is 6.07 Å². The number of anilines is 1. The Balaban J connectivity index is 1.54. The molecule has 6 nitrogen and oxygen atoms in total. The molecule has 2 aromatic heterocycles. The van der Waals surface area contributed by atoms with Crippen LogP contribution in [0.4, 0.5) is 5.69 Å². The maximum Gasteiger partial charge on any atom is 0.248 e. The van der Waals surface area contributed by atoms with Gasteiger partial charge in [0.25, 0.3) is 0 Å². The van der Waals surface area contributed by atoms with Crippen LogP contribution in [0.3, 0.4) is 0 Å². The lowest BCUT2D eigenvalue weighted by Gasteiger charge is -2.05. The Bertz CT molecular complexity index is 876. The molecular weight excluding hydrogens is 336 g/mol. The van der Waals surface area contributed by atoms with Gasteiger partial charge in [-0.2, -0.15) is 0 Å². The van der Waals surface area contributed by atoms with E-state index in [0.29, 0.717) is 24.1 Å². The summed E-state index contributed by atoms with van der Waals surface area (Å²) in [6, 6.07) is 12.2. The predicted molar refractivity (Wildman–Crippen MR) is 97.3 cm³/mol. The van der Waals surface area contributed by atoms with Crippen molar-refractivity contribution in [2.45, 2.75) is 12.8 Å². The number of benzene rings is 1. The Hall–Kier alpha value is -3.06. The molecule has 0 unspecified atom stereocenters. The van der Waals surface area contributed by atoms with Crippen molar-refractivity contribution in [2.75, 3.05) is 5.32 Å². The van der Waals surface area contributed by atoms with Crippen molar-refractivity contribution in [3.63, 3.8) is 0 Å². The monoisotopic (exact) mass is 352 g/mol. The summed E-state index contributed by atoms with van der Waals surface area (Å²) < 4.78 is 0. The summed E-state index contributed by atoms with van der Waals surface area (Å²) in [6.07, 6.45) is 2.60. The van der Waals surface area contributed by atoms with Crippen molar-refractivity contribution >= 4 is 28.8 Å². The minimum absolute atomic E-state index is 0.112. The van der Waals surface area contributed by atoms with Gasteiger partial charge in [0.1, 0.15) is 5.01 Å². The van der Waals surface area contributed by atoms with E-state index in [2.05, 4.69) is 15.3 Å². The zero-order valence-corrected chi connectivity index (χ0v) is 14.1. The van der Waals surface area contributed by atoms with Crippen molar-refractivity contribution in [1.29, 1.82) is 0 Å². The van der Waals surface area contributed by atoms with Crippen LogP contribution in [0.15, 0.2) is 54.0 Å². The lowest BCUT2D eigenvalue weighted by Crippen LogP contribution is -2.13. The summed E-state index contributed by atoms with van der Waals surface area (Å²) in [5.74, 6) is -0.607. The number of nitrogens with zero attached hydrogens (tertiary/aromatic N) is 2. The number of nitrogens with one attached hydrogen (secondary N) is 1. The van der Waals surface area contributed by atoms with Gasteiger partial charge >= 0.3 is 0 Å². The fourth-order valence-electron chi connectivity index (χ4n) is 2.21. The quantitative estimate of drug-likeness (QED) is 0.713.